The molecule has 0 aliphatic heterocycles. The molecule has 0 saturated carbocycles. The van der Waals surface area contributed by atoms with Crippen molar-refractivity contribution in [1.29, 1.82) is 0 Å². The number of benzene rings is 1. The summed E-state index contributed by atoms with van der Waals surface area (Å²) in [6.07, 6.45) is 2.34. The fourth-order valence-corrected chi connectivity index (χ4v) is 3.40. The molecule has 10 heteroatoms. The molecule has 0 radical (unpaired) electrons. The Kier molecular flexibility index (Phi) is 4.67. The number of nitrogens with one attached hydrogen (secondary N) is 1. The summed E-state index contributed by atoms with van der Waals surface area (Å²) in [5.41, 5.74) is 3.18. The van der Waals surface area contributed by atoms with E-state index in [9.17, 15) is 10.1 Å². The molecule has 0 bridgehead atoms. The molecular weight excluding hydrogens is 348 g/mol. The van der Waals surface area contributed by atoms with Crippen LogP contribution in [0.1, 0.15) is 11.1 Å². The first-order valence-corrected chi connectivity index (χ1v) is 8.47. The Labute approximate surface area is 145 Å². The lowest BCUT2D eigenvalue weighted by atomic mass is 10.1. The smallest absolute Gasteiger partial charge is 0.305 e. The number of hydrogen-bond donors (Lipinski definition) is 1. The van der Waals surface area contributed by atoms with Gasteiger partial charge in [0.25, 0.3) is 0 Å². The second-order valence-electron chi connectivity index (χ2n) is 4.83. The Bertz CT molecular complexity index is 881. The zero-order valence-corrected chi connectivity index (χ0v) is 14.4. The van der Waals surface area contributed by atoms with Gasteiger partial charge in [0.2, 0.25) is 5.13 Å². The van der Waals surface area contributed by atoms with Crippen molar-refractivity contribution in [2.45, 2.75) is 23.3 Å². The minimum Gasteiger partial charge on any atom is -0.330 e. The molecule has 3 rings (SSSR count). The molecule has 0 amide bonds. The monoisotopic (exact) mass is 360 g/mol. The first-order chi connectivity index (χ1) is 11.5. The number of aryl methyl sites for hydroxylation is 1. The largest absolute Gasteiger partial charge is 0.330 e. The van der Waals surface area contributed by atoms with Crippen LogP contribution in [0.2, 0.25) is 0 Å². The van der Waals surface area contributed by atoms with E-state index < -0.39 is 4.92 Å². The highest BCUT2D eigenvalue weighted by Crippen LogP contribution is 2.32. The summed E-state index contributed by atoms with van der Waals surface area (Å²) in [5, 5.41) is 23.0. The predicted molar refractivity (Wildman–Crippen MR) is 91.9 cm³/mol. The highest BCUT2D eigenvalue weighted by Gasteiger charge is 2.11. The van der Waals surface area contributed by atoms with Gasteiger partial charge in [0.15, 0.2) is 9.50 Å². The van der Waals surface area contributed by atoms with E-state index in [1.807, 2.05) is 32.0 Å². The Morgan fingerprint density at radius 3 is 2.67 bits per heavy atom. The van der Waals surface area contributed by atoms with Crippen LogP contribution in [0.25, 0.3) is 0 Å². The highest BCUT2D eigenvalue weighted by atomic mass is 32.2. The molecule has 24 heavy (non-hydrogen) atoms. The number of aromatic nitrogens is 4. The van der Waals surface area contributed by atoms with Gasteiger partial charge < -0.3 is 5.32 Å². The van der Waals surface area contributed by atoms with Crippen molar-refractivity contribution in [3.05, 3.63) is 51.8 Å². The van der Waals surface area contributed by atoms with Gasteiger partial charge in [0.1, 0.15) is 12.4 Å². The van der Waals surface area contributed by atoms with Gasteiger partial charge in [-0.1, -0.05) is 23.5 Å². The van der Waals surface area contributed by atoms with Gasteiger partial charge in [0, 0.05) is 5.69 Å². The maximum Gasteiger partial charge on any atom is 0.305 e. The number of rotatable bonds is 5. The molecule has 2 heterocycles. The minimum atomic E-state index is -0.536. The molecule has 8 nitrogen and oxygen atoms in total. The molecule has 0 spiro atoms. The van der Waals surface area contributed by atoms with E-state index in [0.717, 1.165) is 11.3 Å². The van der Waals surface area contributed by atoms with Crippen LogP contribution in [0.5, 0.6) is 0 Å². The van der Waals surface area contributed by atoms with Crippen LogP contribution in [0, 0.1) is 24.0 Å². The van der Waals surface area contributed by atoms with Crippen LogP contribution < -0.4 is 5.32 Å². The molecule has 2 aromatic heterocycles. The van der Waals surface area contributed by atoms with Crippen LogP contribution >= 0.6 is 23.1 Å². The summed E-state index contributed by atoms with van der Waals surface area (Å²) in [4.78, 5) is 17.9. The summed E-state index contributed by atoms with van der Waals surface area (Å²) in [6, 6.07) is 6.01. The number of nitro groups is 1. The van der Waals surface area contributed by atoms with Crippen LogP contribution in [0.3, 0.4) is 0 Å². The van der Waals surface area contributed by atoms with E-state index in [0.29, 0.717) is 14.6 Å². The van der Waals surface area contributed by atoms with Crippen molar-refractivity contribution in [3.63, 3.8) is 0 Å². The molecule has 1 aromatic carbocycles. The van der Waals surface area contributed by atoms with Gasteiger partial charge in [-0.25, -0.2) is 9.97 Å². The molecule has 0 saturated heterocycles. The number of hydrogen-bond acceptors (Lipinski definition) is 9. The first-order valence-electron chi connectivity index (χ1n) is 6.84. The maximum absolute atomic E-state index is 10.6. The van der Waals surface area contributed by atoms with Crippen molar-refractivity contribution in [2.75, 3.05) is 5.32 Å². The highest BCUT2D eigenvalue weighted by molar-refractivity contribution is 8.00. The lowest BCUT2D eigenvalue weighted by Crippen LogP contribution is -1.94. The molecule has 122 valence electrons. The lowest BCUT2D eigenvalue weighted by Gasteiger charge is -2.08. The fraction of sp³-hybridized carbons (Fsp3) is 0.143. The lowest BCUT2D eigenvalue weighted by molar-refractivity contribution is -0.385. The van der Waals surface area contributed by atoms with Crippen LogP contribution in [0.15, 0.2) is 40.1 Å². The Morgan fingerprint density at radius 1 is 1.21 bits per heavy atom. The quantitative estimate of drug-likeness (QED) is 0.416. The predicted octanol–water partition coefficient (Wildman–Crippen LogP) is 3.75. The second-order valence-corrected chi connectivity index (χ2v) is 7.02. The molecule has 3 aromatic rings. The molecular formula is C14H12N6O2S2. The van der Waals surface area contributed by atoms with E-state index in [1.54, 1.807) is 0 Å². The maximum atomic E-state index is 10.6. The summed E-state index contributed by atoms with van der Waals surface area (Å²) < 4.78 is 0.650. The van der Waals surface area contributed by atoms with Crippen molar-refractivity contribution >= 4 is 39.6 Å². The molecule has 0 atom stereocenters. The second kappa shape index (κ2) is 6.89. The van der Waals surface area contributed by atoms with Crippen LogP contribution in [0.4, 0.5) is 16.5 Å². The fourth-order valence-electron chi connectivity index (χ4n) is 1.84. The molecule has 0 unspecified atom stereocenters. The average Bonchev–Trinajstić information content (AvgIpc) is 2.99. The van der Waals surface area contributed by atoms with E-state index in [2.05, 4.69) is 25.5 Å². The zero-order valence-electron chi connectivity index (χ0n) is 12.8. The van der Waals surface area contributed by atoms with E-state index >= 15 is 0 Å². The molecule has 0 fully saturated rings. The van der Waals surface area contributed by atoms with Gasteiger partial charge in [-0.3, -0.25) is 10.1 Å². The third-order valence-corrected chi connectivity index (χ3v) is 5.04. The van der Waals surface area contributed by atoms with Crippen molar-refractivity contribution in [1.82, 2.24) is 20.2 Å². The van der Waals surface area contributed by atoms with E-state index in [4.69, 9.17) is 0 Å². The third-order valence-electron chi connectivity index (χ3n) is 3.26. The van der Waals surface area contributed by atoms with Gasteiger partial charge >= 0.3 is 5.69 Å². The average molecular weight is 360 g/mol. The first kappa shape index (κ1) is 16.3. The molecule has 0 aliphatic carbocycles. The Morgan fingerprint density at radius 2 is 1.96 bits per heavy atom. The van der Waals surface area contributed by atoms with Crippen molar-refractivity contribution < 1.29 is 4.92 Å². The summed E-state index contributed by atoms with van der Waals surface area (Å²) in [7, 11) is 0. The van der Waals surface area contributed by atoms with E-state index in [1.165, 1.54) is 41.1 Å². The summed E-state index contributed by atoms with van der Waals surface area (Å²) in [6.45, 7) is 4.09. The van der Waals surface area contributed by atoms with Crippen LogP contribution in [-0.2, 0) is 0 Å². The number of anilines is 2. The van der Waals surface area contributed by atoms with Gasteiger partial charge in [0.05, 0.1) is 4.92 Å². The number of nitrogens with zero attached hydrogens (tertiary/aromatic N) is 5. The standard InChI is InChI=1S/C14H12N6O2S2/c1-8-4-3-5-11(9(8)2)17-13-18-19-14(24-13)23-12-15-6-10(7-16-12)20(21)22/h3-7H,1-2H3,(H,17,18). The normalized spacial score (nSPS) is 10.6. The third kappa shape index (κ3) is 3.66. The Hall–Kier alpha value is -2.59. The Balaban J connectivity index is 1.71. The summed E-state index contributed by atoms with van der Waals surface area (Å²) in [5.74, 6) is 0. The SMILES string of the molecule is Cc1cccc(Nc2nnc(Sc3ncc([N+](=O)[O-])cn3)s2)c1C. The van der Waals surface area contributed by atoms with Gasteiger partial charge in [-0.2, -0.15) is 0 Å². The van der Waals surface area contributed by atoms with Gasteiger partial charge in [-0.05, 0) is 42.8 Å². The zero-order chi connectivity index (χ0) is 17.1. The van der Waals surface area contributed by atoms with Crippen molar-refractivity contribution in [2.24, 2.45) is 0 Å². The van der Waals surface area contributed by atoms with Crippen molar-refractivity contribution in [3.8, 4) is 0 Å². The van der Waals surface area contributed by atoms with E-state index in [-0.39, 0.29) is 5.69 Å². The van der Waals surface area contributed by atoms with Crippen LogP contribution in [-0.4, -0.2) is 25.1 Å². The topological polar surface area (TPSA) is 107 Å². The summed E-state index contributed by atoms with van der Waals surface area (Å²) >= 11 is 2.57. The molecule has 0 aliphatic rings. The molecule has 1 N–H and O–H groups in total. The minimum absolute atomic E-state index is 0.145. The van der Waals surface area contributed by atoms with Gasteiger partial charge in [-0.15, -0.1) is 10.2 Å².